The van der Waals surface area contributed by atoms with Gasteiger partial charge in [-0.05, 0) is 0 Å². The van der Waals surface area contributed by atoms with Crippen molar-refractivity contribution in [3.05, 3.63) is 12.7 Å². The van der Waals surface area contributed by atoms with Gasteiger partial charge in [-0.3, -0.25) is 9.09 Å². The number of aliphatic hydroxyl groups is 2. The summed E-state index contributed by atoms with van der Waals surface area (Å²) in [5.41, 5.74) is 0.766. The fourth-order valence-corrected chi connectivity index (χ4v) is 3.18. The molecule has 0 aromatic carbocycles. The normalized spacial score (nSPS) is 27.7. The highest BCUT2D eigenvalue weighted by Crippen LogP contribution is 2.44. The van der Waals surface area contributed by atoms with Gasteiger partial charge < -0.3 is 30.1 Å². The van der Waals surface area contributed by atoms with Crippen molar-refractivity contribution < 1.29 is 33.8 Å². The lowest BCUT2D eigenvalue weighted by atomic mass is 10.1. The summed E-state index contributed by atoms with van der Waals surface area (Å²) < 4.78 is 22.5. The Hall–Kier alpha value is -1.66. The molecule has 1 saturated heterocycles. The first-order valence-corrected chi connectivity index (χ1v) is 8.42. The van der Waals surface area contributed by atoms with Crippen LogP contribution in [-0.4, -0.2) is 71.5 Å². The first-order chi connectivity index (χ1) is 11.4. The summed E-state index contributed by atoms with van der Waals surface area (Å²) in [6.45, 7) is -0.596. The Morgan fingerprint density at radius 2 is 2.17 bits per heavy atom. The monoisotopic (exact) mass is 361 g/mol. The van der Waals surface area contributed by atoms with Crippen LogP contribution >= 0.6 is 7.82 Å². The average molecular weight is 361 g/mol. The molecular formula is C11H16N5O7P. The number of nitrogens with zero attached hydrogens (tertiary/aromatic N) is 4. The SMILES string of the molecule is CNc1ncnc2c1ncn2C1OC(CO)C(OP(=O)(O)O)C1O. The van der Waals surface area contributed by atoms with Gasteiger partial charge in [-0.1, -0.05) is 0 Å². The molecule has 24 heavy (non-hydrogen) atoms. The van der Waals surface area contributed by atoms with Crippen molar-refractivity contribution in [3.8, 4) is 0 Å². The maximum Gasteiger partial charge on any atom is 0.470 e. The van der Waals surface area contributed by atoms with Crippen LogP contribution in [0.4, 0.5) is 5.82 Å². The molecule has 2 aromatic heterocycles. The van der Waals surface area contributed by atoms with E-state index < -0.39 is 39.0 Å². The minimum atomic E-state index is -4.88. The summed E-state index contributed by atoms with van der Waals surface area (Å²) in [7, 11) is -3.22. The third kappa shape index (κ3) is 3.00. The van der Waals surface area contributed by atoms with E-state index in [-0.39, 0.29) is 0 Å². The van der Waals surface area contributed by atoms with E-state index in [4.69, 9.17) is 14.5 Å². The van der Waals surface area contributed by atoms with E-state index in [1.54, 1.807) is 7.05 Å². The van der Waals surface area contributed by atoms with Gasteiger partial charge in [0.2, 0.25) is 0 Å². The lowest BCUT2D eigenvalue weighted by Gasteiger charge is -2.20. The minimum Gasteiger partial charge on any atom is -0.394 e. The molecule has 2 aromatic rings. The summed E-state index contributed by atoms with van der Waals surface area (Å²) in [6.07, 6.45) is -2.45. The fraction of sp³-hybridized carbons (Fsp3) is 0.545. The van der Waals surface area contributed by atoms with E-state index >= 15 is 0 Å². The molecule has 132 valence electrons. The van der Waals surface area contributed by atoms with E-state index in [9.17, 15) is 14.8 Å². The molecule has 0 amide bonds. The molecular weight excluding hydrogens is 345 g/mol. The number of aromatic nitrogens is 4. The second-order valence-electron chi connectivity index (χ2n) is 5.10. The zero-order valence-corrected chi connectivity index (χ0v) is 13.3. The average Bonchev–Trinajstić information content (AvgIpc) is 3.08. The molecule has 13 heteroatoms. The van der Waals surface area contributed by atoms with Gasteiger partial charge in [0.1, 0.15) is 30.2 Å². The Morgan fingerprint density at radius 3 is 2.79 bits per heavy atom. The first kappa shape index (κ1) is 17.2. The highest BCUT2D eigenvalue weighted by Gasteiger charge is 2.48. The van der Waals surface area contributed by atoms with Crippen LogP contribution in [0.5, 0.6) is 0 Å². The highest BCUT2D eigenvalue weighted by atomic mass is 31.2. The van der Waals surface area contributed by atoms with Crippen molar-refractivity contribution in [2.24, 2.45) is 0 Å². The van der Waals surface area contributed by atoms with Gasteiger partial charge in [0.05, 0.1) is 12.9 Å². The van der Waals surface area contributed by atoms with Gasteiger partial charge in [0, 0.05) is 7.05 Å². The van der Waals surface area contributed by atoms with Crippen LogP contribution in [0.1, 0.15) is 6.23 Å². The number of fused-ring (bicyclic) bond motifs is 1. The van der Waals surface area contributed by atoms with E-state index in [0.717, 1.165) is 0 Å². The molecule has 3 heterocycles. The van der Waals surface area contributed by atoms with Crippen LogP contribution in [0, 0.1) is 0 Å². The van der Waals surface area contributed by atoms with E-state index in [0.29, 0.717) is 17.0 Å². The lowest BCUT2D eigenvalue weighted by molar-refractivity contribution is -0.0509. The highest BCUT2D eigenvalue weighted by molar-refractivity contribution is 7.46. The molecule has 0 spiro atoms. The molecule has 3 rings (SSSR count). The van der Waals surface area contributed by atoms with Gasteiger partial charge in [0.15, 0.2) is 17.7 Å². The van der Waals surface area contributed by atoms with Crippen molar-refractivity contribution >= 4 is 24.8 Å². The maximum atomic E-state index is 11.1. The van der Waals surface area contributed by atoms with E-state index in [1.165, 1.54) is 17.2 Å². The molecule has 1 fully saturated rings. The van der Waals surface area contributed by atoms with Crippen molar-refractivity contribution in [2.75, 3.05) is 19.0 Å². The lowest BCUT2D eigenvalue weighted by Crippen LogP contribution is -2.35. The predicted molar refractivity (Wildman–Crippen MR) is 78.8 cm³/mol. The molecule has 1 aliphatic heterocycles. The van der Waals surface area contributed by atoms with Crippen molar-refractivity contribution in [1.29, 1.82) is 0 Å². The van der Waals surface area contributed by atoms with Gasteiger partial charge in [0.25, 0.3) is 0 Å². The van der Waals surface area contributed by atoms with Crippen LogP contribution < -0.4 is 5.32 Å². The Labute approximate surface area is 135 Å². The maximum absolute atomic E-state index is 11.1. The Kier molecular flexibility index (Phi) is 4.53. The van der Waals surface area contributed by atoms with Gasteiger partial charge in [-0.25, -0.2) is 19.5 Å². The van der Waals surface area contributed by atoms with E-state index in [1.807, 2.05) is 0 Å². The number of nitrogens with one attached hydrogen (secondary N) is 1. The fourth-order valence-electron chi connectivity index (χ4n) is 2.61. The van der Waals surface area contributed by atoms with Crippen molar-refractivity contribution in [2.45, 2.75) is 24.5 Å². The number of imidazole rings is 1. The molecule has 4 unspecified atom stereocenters. The van der Waals surface area contributed by atoms with E-state index in [2.05, 4.69) is 24.8 Å². The number of phosphoric acid groups is 1. The smallest absolute Gasteiger partial charge is 0.394 e. The van der Waals surface area contributed by atoms with Gasteiger partial charge in [-0.15, -0.1) is 0 Å². The van der Waals surface area contributed by atoms with Crippen molar-refractivity contribution in [1.82, 2.24) is 19.5 Å². The summed E-state index contributed by atoms with van der Waals surface area (Å²) in [5, 5.41) is 22.5. The minimum absolute atomic E-state index is 0.340. The van der Waals surface area contributed by atoms with Crippen LogP contribution in [0.3, 0.4) is 0 Å². The topological polar surface area (TPSA) is 172 Å². The standard InChI is InChI=1S/C11H16N5O7P/c1-12-9-6-10(14-3-13-9)16(4-15-6)11-7(18)8(5(2-17)22-11)23-24(19,20)21/h3-5,7-8,11,17-18H,2H2,1H3,(H,12,13,14)(H2,19,20,21). The largest absolute Gasteiger partial charge is 0.470 e. The third-order valence-electron chi connectivity index (χ3n) is 3.62. The van der Waals surface area contributed by atoms with Gasteiger partial charge in [-0.2, -0.15) is 0 Å². The first-order valence-electron chi connectivity index (χ1n) is 6.89. The number of aliphatic hydroxyl groups excluding tert-OH is 2. The second-order valence-corrected chi connectivity index (χ2v) is 6.29. The number of phosphoric ester groups is 1. The Morgan fingerprint density at radius 1 is 1.42 bits per heavy atom. The number of ether oxygens (including phenoxy) is 1. The molecule has 5 N–H and O–H groups in total. The third-order valence-corrected chi connectivity index (χ3v) is 4.14. The molecule has 12 nitrogen and oxygen atoms in total. The number of hydrogen-bond acceptors (Lipinski definition) is 9. The summed E-state index contributed by atoms with van der Waals surface area (Å²) in [5.74, 6) is 0.466. The molecule has 0 radical (unpaired) electrons. The zero-order chi connectivity index (χ0) is 17.5. The Balaban J connectivity index is 1.97. The van der Waals surface area contributed by atoms with Gasteiger partial charge >= 0.3 is 7.82 Å². The summed E-state index contributed by atoms with van der Waals surface area (Å²) in [4.78, 5) is 30.2. The van der Waals surface area contributed by atoms with Crippen LogP contribution in [0.15, 0.2) is 12.7 Å². The number of hydrogen-bond donors (Lipinski definition) is 5. The second kappa shape index (κ2) is 6.33. The molecule has 0 saturated carbocycles. The quantitative estimate of drug-likeness (QED) is 0.396. The zero-order valence-electron chi connectivity index (χ0n) is 12.4. The molecule has 4 atom stereocenters. The van der Waals surface area contributed by atoms with Crippen molar-refractivity contribution in [3.63, 3.8) is 0 Å². The Bertz CT molecular complexity index is 779. The van der Waals surface area contributed by atoms with Crippen LogP contribution in [0.25, 0.3) is 11.2 Å². The van der Waals surface area contributed by atoms with Crippen LogP contribution in [-0.2, 0) is 13.8 Å². The number of anilines is 1. The molecule has 0 bridgehead atoms. The van der Waals surface area contributed by atoms with Crippen LogP contribution in [0.2, 0.25) is 0 Å². The number of rotatable bonds is 5. The summed E-state index contributed by atoms with van der Waals surface area (Å²) in [6, 6.07) is 0. The molecule has 0 aliphatic carbocycles. The summed E-state index contributed by atoms with van der Waals surface area (Å²) >= 11 is 0. The molecule has 1 aliphatic rings. The predicted octanol–water partition coefficient (Wildman–Crippen LogP) is -1.40.